The van der Waals surface area contributed by atoms with Gasteiger partial charge in [-0.25, -0.2) is 8.42 Å². The molecule has 7 nitrogen and oxygen atoms in total. The first-order valence-electron chi connectivity index (χ1n) is 12.5. The number of fused-ring (bicyclic) bond motifs is 2. The van der Waals surface area contributed by atoms with Crippen molar-refractivity contribution in [1.82, 2.24) is 5.32 Å². The molecule has 2 amide bonds. The molecule has 3 aromatic rings. The molecule has 9 heteroatoms. The second-order valence-corrected chi connectivity index (χ2v) is 11.8. The number of rotatable bonds is 6. The molecule has 37 heavy (non-hydrogen) atoms. The lowest BCUT2D eigenvalue weighted by molar-refractivity contribution is -0.909. The van der Waals surface area contributed by atoms with E-state index < -0.39 is 15.7 Å². The molecule has 0 bridgehead atoms. The average Bonchev–Trinajstić information content (AvgIpc) is 3.35. The Morgan fingerprint density at radius 3 is 2.68 bits per heavy atom. The van der Waals surface area contributed by atoms with E-state index in [1.54, 1.807) is 30.3 Å². The number of likely N-dealkylation sites (tertiary alicyclic amines) is 1. The van der Waals surface area contributed by atoms with Crippen LogP contribution in [-0.2, 0) is 16.4 Å². The molecular weight excluding hydrogens is 510 g/mol. The van der Waals surface area contributed by atoms with Gasteiger partial charge in [-0.15, -0.1) is 0 Å². The molecule has 1 saturated heterocycles. The van der Waals surface area contributed by atoms with E-state index in [-0.39, 0.29) is 33.5 Å². The van der Waals surface area contributed by atoms with Crippen LogP contribution in [0.3, 0.4) is 0 Å². The van der Waals surface area contributed by atoms with Crippen LogP contribution in [0.1, 0.15) is 46.0 Å². The zero-order valence-electron chi connectivity index (χ0n) is 20.5. The van der Waals surface area contributed by atoms with Gasteiger partial charge < -0.3 is 15.1 Å². The van der Waals surface area contributed by atoms with E-state index in [1.807, 2.05) is 6.07 Å². The maximum Gasteiger partial charge on any atom is 0.259 e. The van der Waals surface area contributed by atoms with Crippen LogP contribution in [0, 0.1) is 0 Å². The van der Waals surface area contributed by atoms with Gasteiger partial charge in [-0.1, -0.05) is 35.9 Å². The number of hydrogen-bond donors (Lipinski definition) is 2. The first-order valence-corrected chi connectivity index (χ1v) is 14.3. The van der Waals surface area contributed by atoms with Gasteiger partial charge in [-0.3, -0.25) is 9.59 Å². The largest absolute Gasteiger partial charge is 0.346 e. The Morgan fingerprint density at radius 1 is 1.08 bits per heavy atom. The molecule has 2 atom stereocenters. The normalized spacial score (nSPS) is 20.2. The second kappa shape index (κ2) is 10.3. The van der Waals surface area contributed by atoms with Crippen LogP contribution in [0.5, 0.6) is 0 Å². The Morgan fingerprint density at radius 2 is 1.89 bits per heavy atom. The average molecular weight is 539 g/mol. The molecule has 0 aliphatic carbocycles. The third kappa shape index (κ3) is 4.89. The van der Waals surface area contributed by atoms with E-state index in [4.69, 9.17) is 11.6 Å². The van der Waals surface area contributed by atoms with Crippen molar-refractivity contribution in [3.63, 3.8) is 0 Å². The predicted molar refractivity (Wildman–Crippen MR) is 142 cm³/mol. The molecule has 192 valence electrons. The number of carbonyl (C=O) groups is 2. The zero-order valence-corrected chi connectivity index (χ0v) is 22.1. The van der Waals surface area contributed by atoms with Crippen LogP contribution in [-0.4, -0.2) is 45.9 Å². The molecule has 2 aliphatic rings. The molecule has 2 N–H and O–H groups in total. The maximum atomic E-state index is 13.8. The molecule has 3 aromatic carbocycles. The predicted octanol–water partition coefficient (Wildman–Crippen LogP) is 3.13. The molecule has 0 saturated carbocycles. The van der Waals surface area contributed by atoms with Gasteiger partial charge in [-0.2, -0.15) is 0 Å². The number of nitrogens with zero attached hydrogens (tertiary/aromatic N) is 1. The highest BCUT2D eigenvalue weighted by atomic mass is 35.5. The highest BCUT2D eigenvalue weighted by Crippen LogP contribution is 2.38. The van der Waals surface area contributed by atoms with Crippen molar-refractivity contribution >= 4 is 38.9 Å². The molecule has 2 heterocycles. The lowest BCUT2D eigenvalue weighted by Gasteiger charge is -2.24. The highest BCUT2D eigenvalue weighted by Gasteiger charge is 2.36. The topological polar surface area (TPSA) is 88.0 Å². The Bertz CT molecular complexity index is 1470. The summed E-state index contributed by atoms with van der Waals surface area (Å²) >= 11 is 6.18. The maximum absolute atomic E-state index is 13.8. The monoisotopic (exact) mass is 538 g/mol. The quantitative estimate of drug-likeness (QED) is 0.505. The Kier molecular flexibility index (Phi) is 7.07. The van der Waals surface area contributed by atoms with Crippen molar-refractivity contribution in [2.24, 2.45) is 0 Å². The number of amides is 2. The van der Waals surface area contributed by atoms with Crippen LogP contribution < -0.4 is 15.1 Å². The number of nitrogens with one attached hydrogen (secondary N) is 2. The summed E-state index contributed by atoms with van der Waals surface area (Å²) < 4.78 is 27.3. The number of carbonyl (C=O) groups excluding carboxylic acids is 2. The van der Waals surface area contributed by atoms with E-state index in [9.17, 15) is 18.0 Å². The van der Waals surface area contributed by atoms with Gasteiger partial charge in [-0.05, 0) is 55.0 Å². The van der Waals surface area contributed by atoms with Crippen molar-refractivity contribution in [2.75, 3.05) is 24.5 Å². The van der Waals surface area contributed by atoms with Gasteiger partial charge in [0.2, 0.25) is 9.84 Å². The summed E-state index contributed by atoms with van der Waals surface area (Å²) in [6, 6.07) is 18.1. The van der Waals surface area contributed by atoms with E-state index in [2.05, 4.69) is 12.2 Å². The fraction of sp³-hybridized carbons (Fsp3) is 0.286. The van der Waals surface area contributed by atoms with E-state index >= 15 is 0 Å². The third-order valence-corrected chi connectivity index (χ3v) is 9.37. The number of likely N-dealkylation sites (N-methyl/N-ethyl adjacent to an activating group) is 1. The van der Waals surface area contributed by atoms with Crippen molar-refractivity contribution in [2.45, 2.75) is 42.1 Å². The Hall–Kier alpha value is -3.20. The number of anilines is 1. The minimum absolute atomic E-state index is 0.0122. The van der Waals surface area contributed by atoms with Crippen LogP contribution in [0.2, 0.25) is 5.02 Å². The summed E-state index contributed by atoms with van der Waals surface area (Å²) in [5.74, 6) is -0.747. The van der Waals surface area contributed by atoms with Gasteiger partial charge in [0.1, 0.15) is 6.04 Å². The first kappa shape index (κ1) is 25.4. The first-order chi connectivity index (χ1) is 17.8. The minimum atomic E-state index is -4.01. The molecule has 1 fully saturated rings. The highest BCUT2D eigenvalue weighted by molar-refractivity contribution is 7.91. The summed E-state index contributed by atoms with van der Waals surface area (Å²) in [6.45, 7) is 4.91. The third-order valence-electron chi connectivity index (χ3n) is 7.27. The molecule has 2 unspecified atom stereocenters. The minimum Gasteiger partial charge on any atom is -0.346 e. The lowest BCUT2D eigenvalue weighted by atomic mass is 10.1. The molecule has 2 aliphatic heterocycles. The van der Waals surface area contributed by atoms with Gasteiger partial charge in [0.25, 0.3) is 11.8 Å². The summed E-state index contributed by atoms with van der Waals surface area (Å²) in [6.07, 6.45) is 2.20. The van der Waals surface area contributed by atoms with Gasteiger partial charge in [0.15, 0.2) is 0 Å². The van der Waals surface area contributed by atoms with E-state index in [0.717, 1.165) is 31.5 Å². The molecule has 5 rings (SSSR count). The van der Waals surface area contributed by atoms with Gasteiger partial charge >= 0.3 is 0 Å². The van der Waals surface area contributed by atoms with Crippen LogP contribution in [0.4, 0.5) is 5.69 Å². The van der Waals surface area contributed by atoms with Crippen LogP contribution >= 0.6 is 11.6 Å². The Balaban J connectivity index is 1.55. The summed E-state index contributed by atoms with van der Waals surface area (Å²) in [5.41, 5.74) is 1.31. The number of quaternary nitrogens is 1. The van der Waals surface area contributed by atoms with Crippen molar-refractivity contribution in [1.29, 1.82) is 0 Å². The van der Waals surface area contributed by atoms with Gasteiger partial charge in [0.05, 0.1) is 47.2 Å². The second-order valence-electron chi connectivity index (χ2n) is 9.51. The zero-order chi connectivity index (χ0) is 26.2. The van der Waals surface area contributed by atoms with Crippen molar-refractivity contribution in [3.8, 4) is 0 Å². The number of halogens is 1. The molecule has 0 aromatic heterocycles. The van der Waals surface area contributed by atoms with Gasteiger partial charge in [0, 0.05) is 23.4 Å². The summed E-state index contributed by atoms with van der Waals surface area (Å²) in [7, 11) is -4.01. The summed E-state index contributed by atoms with van der Waals surface area (Å²) in [4.78, 5) is 29.7. The fourth-order valence-electron chi connectivity index (χ4n) is 5.34. The number of sulfone groups is 1. The standard InChI is InChI=1S/C28H28ClN3O4S/c1-2-31-14-6-9-22(31)17-30-27(33)20-12-13-26-24(16-20)32(18-19-7-5-8-21(29)15-19)28(34)23-10-3-4-11-25(23)37(26,35)36/h3-5,7-8,10-13,15-16,22H,2,6,9,14,17-18H2,1H3,(H,30,33)/p+1. The molecular formula is C28H29ClN3O4S+. The van der Waals surface area contributed by atoms with Crippen LogP contribution in [0.15, 0.2) is 76.5 Å². The van der Waals surface area contributed by atoms with E-state index in [1.165, 1.54) is 40.1 Å². The van der Waals surface area contributed by atoms with Crippen molar-refractivity contribution < 1.29 is 22.9 Å². The smallest absolute Gasteiger partial charge is 0.259 e. The number of hydrogen-bond acceptors (Lipinski definition) is 4. The molecule has 0 radical (unpaired) electrons. The fourth-order valence-corrected chi connectivity index (χ4v) is 7.18. The van der Waals surface area contributed by atoms with E-state index in [0.29, 0.717) is 23.2 Å². The lowest BCUT2D eigenvalue weighted by Crippen LogP contribution is -3.14. The SMILES string of the molecule is CC[NH+]1CCCC1CNC(=O)c1ccc2c(c1)N(Cc1cccc(Cl)c1)C(=O)c1ccccc1S2(=O)=O. The summed E-state index contributed by atoms with van der Waals surface area (Å²) in [5, 5.41) is 3.53. The van der Waals surface area contributed by atoms with Crippen LogP contribution in [0.25, 0.3) is 0 Å². The Labute approximate surface area is 222 Å². The number of benzene rings is 3. The molecule has 0 spiro atoms. The van der Waals surface area contributed by atoms with Crippen molar-refractivity contribution in [3.05, 3.63) is 88.4 Å².